The lowest BCUT2D eigenvalue weighted by atomic mass is 9.87. The SMILES string of the molecule is CCCC(O)(CN)c1cncc2ccccc12. The molecule has 0 saturated carbocycles. The lowest BCUT2D eigenvalue weighted by Gasteiger charge is -2.27. The van der Waals surface area contributed by atoms with Crippen LogP contribution in [0.15, 0.2) is 36.7 Å². The minimum atomic E-state index is -0.970. The molecule has 1 aromatic carbocycles. The average molecular weight is 230 g/mol. The van der Waals surface area contributed by atoms with Gasteiger partial charge in [-0.1, -0.05) is 37.6 Å². The number of aromatic nitrogens is 1. The van der Waals surface area contributed by atoms with Crippen LogP contribution in [0.3, 0.4) is 0 Å². The Hall–Kier alpha value is -1.45. The number of benzene rings is 1. The first-order valence-corrected chi connectivity index (χ1v) is 5.97. The van der Waals surface area contributed by atoms with Crippen LogP contribution in [0.25, 0.3) is 10.8 Å². The van der Waals surface area contributed by atoms with Gasteiger partial charge in [0.1, 0.15) is 5.60 Å². The third kappa shape index (κ3) is 2.16. The van der Waals surface area contributed by atoms with E-state index in [0.29, 0.717) is 6.42 Å². The molecule has 0 saturated heterocycles. The maximum absolute atomic E-state index is 10.6. The predicted molar refractivity (Wildman–Crippen MR) is 69.6 cm³/mol. The maximum Gasteiger partial charge on any atom is 0.104 e. The van der Waals surface area contributed by atoms with Crippen LogP contribution in [0.4, 0.5) is 0 Å². The molecule has 0 aliphatic heterocycles. The molecule has 0 aliphatic rings. The molecule has 0 bridgehead atoms. The second kappa shape index (κ2) is 4.82. The highest BCUT2D eigenvalue weighted by Crippen LogP contribution is 2.30. The standard InChI is InChI=1S/C14H18N2O/c1-2-7-14(17,10-15)13-9-16-8-11-5-3-4-6-12(11)13/h3-6,8-9,17H,2,7,10,15H2,1H3. The van der Waals surface area contributed by atoms with Gasteiger partial charge in [-0.15, -0.1) is 0 Å². The Morgan fingerprint density at radius 2 is 2.06 bits per heavy atom. The van der Waals surface area contributed by atoms with E-state index < -0.39 is 5.60 Å². The lowest BCUT2D eigenvalue weighted by molar-refractivity contribution is 0.0371. The van der Waals surface area contributed by atoms with Gasteiger partial charge in [0.25, 0.3) is 0 Å². The first kappa shape index (κ1) is 12.0. The van der Waals surface area contributed by atoms with E-state index in [4.69, 9.17) is 5.73 Å². The highest BCUT2D eigenvalue weighted by molar-refractivity contribution is 5.85. The summed E-state index contributed by atoms with van der Waals surface area (Å²) in [6.07, 6.45) is 5.07. The van der Waals surface area contributed by atoms with Gasteiger partial charge in [0.15, 0.2) is 0 Å². The van der Waals surface area contributed by atoms with Gasteiger partial charge < -0.3 is 10.8 Å². The smallest absolute Gasteiger partial charge is 0.104 e. The van der Waals surface area contributed by atoms with E-state index in [0.717, 1.165) is 22.8 Å². The molecule has 0 aliphatic carbocycles. The summed E-state index contributed by atoms with van der Waals surface area (Å²) in [5, 5.41) is 12.7. The van der Waals surface area contributed by atoms with Crippen LogP contribution in [-0.4, -0.2) is 16.6 Å². The van der Waals surface area contributed by atoms with Crippen LogP contribution < -0.4 is 5.73 Å². The Morgan fingerprint density at radius 1 is 1.29 bits per heavy atom. The minimum Gasteiger partial charge on any atom is -0.384 e. The fourth-order valence-corrected chi connectivity index (χ4v) is 2.25. The van der Waals surface area contributed by atoms with E-state index >= 15 is 0 Å². The summed E-state index contributed by atoms with van der Waals surface area (Å²) in [7, 11) is 0. The quantitative estimate of drug-likeness (QED) is 0.846. The van der Waals surface area contributed by atoms with E-state index in [1.807, 2.05) is 37.4 Å². The molecular formula is C14H18N2O. The van der Waals surface area contributed by atoms with Crippen molar-refractivity contribution in [1.29, 1.82) is 0 Å². The van der Waals surface area contributed by atoms with Crippen molar-refractivity contribution in [3.05, 3.63) is 42.2 Å². The van der Waals surface area contributed by atoms with Crippen molar-refractivity contribution in [3.63, 3.8) is 0 Å². The summed E-state index contributed by atoms with van der Waals surface area (Å²) >= 11 is 0. The number of hydrogen-bond donors (Lipinski definition) is 2. The molecule has 2 rings (SSSR count). The van der Waals surface area contributed by atoms with Gasteiger partial charge in [0.05, 0.1) is 0 Å². The van der Waals surface area contributed by atoms with E-state index in [-0.39, 0.29) is 6.54 Å². The van der Waals surface area contributed by atoms with Gasteiger partial charge in [-0.3, -0.25) is 4.98 Å². The monoisotopic (exact) mass is 230 g/mol. The van der Waals surface area contributed by atoms with Crippen molar-refractivity contribution < 1.29 is 5.11 Å². The number of rotatable bonds is 4. The van der Waals surface area contributed by atoms with Crippen LogP contribution in [-0.2, 0) is 5.60 Å². The van der Waals surface area contributed by atoms with Crippen molar-refractivity contribution in [1.82, 2.24) is 4.98 Å². The van der Waals surface area contributed by atoms with Crippen LogP contribution >= 0.6 is 0 Å². The van der Waals surface area contributed by atoms with Gasteiger partial charge in [0, 0.05) is 29.9 Å². The van der Waals surface area contributed by atoms with Crippen molar-refractivity contribution in [2.24, 2.45) is 5.73 Å². The Labute approximate surface area is 101 Å². The second-order valence-corrected chi connectivity index (χ2v) is 4.39. The molecule has 3 nitrogen and oxygen atoms in total. The molecule has 0 fully saturated rings. The first-order valence-electron chi connectivity index (χ1n) is 5.97. The third-order valence-electron chi connectivity index (χ3n) is 3.17. The Kier molecular flexibility index (Phi) is 3.41. The topological polar surface area (TPSA) is 59.1 Å². The molecule has 17 heavy (non-hydrogen) atoms. The first-order chi connectivity index (χ1) is 8.21. The summed E-state index contributed by atoms with van der Waals surface area (Å²) in [5.41, 5.74) is 5.60. The van der Waals surface area contributed by atoms with Gasteiger partial charge in [0.2, 0.25) is 0 Å². The number of aliphatic hydroxyl groups is 1. The summed E-state index contributed by atoms with van der Waals surface area (Å²) in [6, 6.07) is 7.93. The highest BCUT2D eigenvalue weighted by atomic mass is 16.3. The van der Waals surface area contributed by atoms with Crippen LogP contribution in [0.2, 0.25) is 0 Å². The lowest BCUT2D eigenvalue weighted by Crippen LogP contribution is -2.35. The minimum absolute atomic E-state index is 0.219. The number of nitrogens with two attached hydrogens (primary N) is 1. The van der Waals surface area contributed by atoms with Crippen LogP contribution in [0.5, 0.6) is 0 Å². The van der Waals surface area contributed by atoms with Crippen molar-refractivity contribution in [2.75, 3.05) is 6.54 Å². The highest BCUT2D eigenvalue weighted by Gasteiger charge is 2.28. The summed E-state index contributed by atoms with van der Waals surface area (Å²) in [4.78, 5) is 4.19. The number of hydrogen-bond acceptors (Lipinski definition) is 3. The zero-order chi connectivity index (χ0) is 12.3. The average Bonchev–Trinajstić information content (AvgIpc) is 2.38. The summed E-state index contributed by atoms with van der Waals surface area (Å²) in [6.45, 7) is 2.26. The normalized spacial score (nSPS) is 14.8. The van der Waals surface area contributed by atoms with Gasteiger partial charge in [-0.25, -0.2) is 0 Å². The van der Waals surface area contributed by atoms with Gasteiger partial charge in [-0.2, -0.15) is 0 Å². The molecule has 3 N–H and O–H groups in total. The molecule has 3 heteroatoms. The van der Waals surface area contributed by atoms with E-state index in [1.54, 1.807) is 6.20 Å². The van der Waals surface area contributed by atoms with E-state index in [9.17, 15) is 5.11 Å². The molecule has 1 heterocycles. The predicted octanol–water partition coefficient (Wildman–Crippen LogP) is 2.18. The molecule has 1 atom stereocenters. The van der Waals surface area contributed by atoms with E-state index in [2.05, 4.69) is 4.98 Å². The summed E-state index contributed by atoms with van der Waals surface area (Å²) < 4.78 is 0. The second-order valence-electron chi connectivity index (χ2n) is 4.39. The van der Waals surface area contributed by atoms with Gasteiger partial charge in [-0.05, 0) is 11.8 Å². The fourth-order valence-electron chi connectivity index (χ4n) is 2.25. The number of pyridine rings is 1. The van der Waals surface area contributed by atoms with Crippen molar-refractivity contribution in [2.45, 2.75) is 25.4 Å². The zero-order valence-electron chi connectivity index (χ0n) is 10.1. The molecule has 0 amide bonds. The zero-order valence-corrected chi connectivity index (χ0v) is 10.1. The van der Waals surface area contributed by atoms with Crippen molar-refractivity contribution in [3.8, 4) is 0 Å². The molecule has 1 unspecified atom stereocenters. The molecule has 90 valence electrons. The molecular weight excluding hydrogens is 212 g/mol. The van der Waals surface area contributed by atoms with Crippen LogP contribution in [0, 0.1) is 0 Å². The number of nitrogens with zero attached hydrogens (tertiary/aromatic N) is 1. The molecule has 1 aromatic heterocycles. The Bertz CT molecular complexity index is 507. The fraction of sp³-hybridized carbons (Fsp3) is 0.357. The van der Waals surface area contributed by atoms with Crippen LogP contribution in [0.1, 0.15) is 25.3 Å². The third-order valence-corrected chi connectivity index (χ3v) is 3.17. The molecule has 0 radical (unpaired) electrons. The maximum atomic E-state index is 10.6. The van der Waals surface area contributed by atoms with Crippen molar-refractivity contribution >= 4 is 10.8 Å². The Morgan fingerprint density at radius 3 is 2.76 bits per heavy atom. The Balaban J connectivity index is 2.61. The largest absolute Gasteiger partial charge is 0.384 e. The molecule has 0 spiro atoms. The van der Waals surface area contributed by atoms with Gasteiger partial charge >= 0.3 is 0 Å². The number of fused-ring (bicyclic) bond motifs is 1. The summed E-state index contributed by atoms with van der Waals surface area (Å²) in [5.74, 6) is 0. The van der Waals surface area contributed by atoms with E-state index in [1.165, 1.54) is 0 Å². The molecule has 2 aromatic rings.